The van der Waals surface area contributed by atoms with Gasteiger partial charge in [-0.25, -0.2) is 19.0 Å². The Kier molecular flexibility index (Phi) is 4.22. The summed E-state index contributed by atoms with van der Waals surface area (Å²) in [6, 6.07) is 9.42. The second-order valence-electron chi connectivity index (χ2n) is 5.47. The molecule has 0 fully saturated rings. The molecule has 2 aromatic heterocycles. The maximum absolute atomic E-state index is 14.0. The van der Waals surface area contributed by atoms with Gasteiger partial charge in [-0.2, -0.15) is 5.10 Å². The van der Waals surface area contributed by atoms with Crippen molar-refractivity contribution in [3.63, 3.8) is 0 Å². The molecule has 0 aliphatic rings. The van der Waals surface area contributed by atoms with E-state index in [-0.39, 0.29) is 5.82 Å². The van der Waals surface area contributed by atoms with E-state index in [0.29, 0.717) is 43.6 Å². The van der Waals surface area contributed by atoms with Crippen molar-refractivity contribution in [3.8, 4) is 22.7 Å². The highest BCUT2D eigenvalue weighted by Gasteiger charge is 2.22. The predicted molar refractivity (Wildman–Crippen MR) is 98.6 cm³/mol. The number of halogens is 3. The topological polar surface area (TPSA) is 52.8 Å². The maximum atomic E-state index is 14.0. The van der Waals surface area contributed by atoms with Crippen LogP contribution in [0.2, 0.25) is 10.0 Å². The van der Waals surface area contributed by atoms with E-state index in [4.69, 9.17) is 27.9 Å². The zero-order valence-corrected chi connectivity index (χ0v) is 15.0. The van der Waals surface area contributed by atoms with Gasteiger partial charge in [-0.05, 0) is 30.3 Å². The molecule has 2 aromatic carbocycles. The van der Waals surface area contributed by atoms with Gasteiger partial charge < -0.3 is 4.74 Å². The Hall–Kier alpha value is -2.70. The number of aromatic nitrogens is 4. The molecule has 0 spiro atoms. The molecule has 2 heterocycles. The third-order valence-electron chi connectivity index (χ3n) is 3.93. The number of ether oxygens (including phenoxy) is 1. The number of nitrogens with zero attached hydrogens (tertiary/aromatic N) is 4. The van der Waals surface area contributed by atoms with Crippen LogP contribution in [0.25, 0.3) is 27.7 Å². The van der Waals surface area contributed by atoms with Gasteiger partial charge >= 0.3 is 0 Å². The smallest absolute Gasteiger partial charge is 0.223 e. The van der Waals surface area contributed by atoms with Crippen LogP contribution < -0.4 is 4.74 Å². The average Bonchev–Trinajstić information content (AvgIpc) is 3.14. The van der Waals surface area contributed by atoms with E-state index >= 15 is 0 Å². The van der Waals surface area contributed by atoms with Crippen molar-refractivity contribution in [2.24, 2.45) is 0 Å². The fourth-order valence-electron chi connectivity index (χ4n) is 2.84. The lowest BCUT2D eigenvalue weighted by atomic mass is 10.0. The van der Waals surface area contributed by atoms with Crippen molar-refractivity contribution in [1.82, 2.24) is 19.7 Å². The summed E-state index contributed by atoms with van der Waals surface area (Å²) in [5.41, 5.74) is 2.32. The van der Waals surface area contributed by atoms with E-state index in [1.54, 1.807) is 24.3 Å². The van der Waals surface area contributed by atoms with Gasteiger partial charge in [0.15, 0.2) is 0 Å². The van der Waals surface area contributed by atoms with Crippen LogP contribution >= 0.6 is 23.2 Å². The van der Waals surface area contributed by atoms with Crippen LogP contribution in [0, 0.1) is 5.82 Å². The van der Waals surface area contributed by atoms with Crippen LogP contribution in [0.1, 0.15) is 0 Å². The monoisotopic (exact) mass is 388 g/mol. The summed E-state index contributed by atoms with van der Waals surface area (Å²) in [5, 5.41) is 5.67. The molecule has 0 amide bonds. The van der Waals surface area contributed by atoms with Crippen LogP contribution in [-0.2, 0) is 0 Å². The second-order valence-corrected chi connectivity index (χ2v) is 6.31. The highest BCUT2D eigenvalue weighted by Crippen LogP contribution is 2.42. The molecular weight excluding hydrogens is 378 g/mol. The number of hydrogen-bond donors (Lipinski definition) is 0. The summed E-state index contributed by atoms with van der Waals surface area (Å²) in [7, 11) is 1.51. The summed E-state index contributed by atoms with van der Waals surface area (Å²) in [6.45, 7) is 0. The molecule has 0 atom stereocenters. The molecule has 130 valence electrons. The van der Waals surface area contributed by atoms with Crippen molar-refractivity contribution in [2.75, 3.05) is 7.11 Å². The lowest BCUT2D eigenvalue weighted by Gasteiger charge is -2.17. The SMILES string of the molecule is COc1nc2ccc(F)cc2c(-n2cncn2)c1-c1ccc(Cl)cc1Cl. The van der Waals surface area contributed by atoms with Crippen molar-refractivity contribution in [3.05, 3.63) is 64.9 Å². The molecule has 0 unspecified atom stereocenters. The Morgan fingerprint density at radius 2 is 1.96 bits per heavy atom. The Morgan fingerprint density at radius 1 is 1.12 bits per heavy atom. The van der Waals surface area contributed by atoms with Gasteiger partial charge in [0, 0.05) is 16.0 Å². The summed E-state index contributed by atoms with van der Waals surface area (Å²) < 4.78 is 21.0. The normalized spacial score (nSPS) is 11.1. The highest BCUT2D eigenvalue weighted by atomic mass is 35.5. The van der Waals surface area contributed by atoms with Gasteiger partial charge in [0.1, 0.15) is 18.5 Å². The Bertz CT molecular complexity index is 1120. The van der Waals surface area contributed by atoms with E-state index in [0.717, 1.165) is 0 Å². The van der Waals surface area contributed by atoms with Crippen LogP contribution in [-0.4, -0.2) is 26.9 Å². The molecule has 8 heteroatoms. The summed E-state index contributed by atoms with van der Waals surface area (Å²) in [5.74, 6) is -0.0576. The average molecular weight is 389 g/mol. The number of hydrogen-bond acceptors (Lipinski definition) is 4. The Balaban J connectivity index is 2.18. The largest absolute Gasteiger partial charge is 0.480 e. The number of pyridine rings is 1. The molecule has 5 nitrogen and oxygen atoms in total. The molecule has 0 saturated heterocycles. The zero-order valence-electron chi connectivity index (χ0n) is 13.4. The van der Waals surface area contributed by atoms with Crippen LogP contribution in [0.15, 0.2) is 49.1 Å². The van der Waals surface area contributed by atoms with Gasteiger partial charge in [0.2, 0.25) is 5.88 Å². The minimum Gasteiger partial charge on any atom is -0.480 e. The molecule has 4 aromatic rings. The lowest BCUT2D eigenvalue weighted by Crippen LogP contribution is -2.04. The molecule has 0 radical (unpaired) electrons. The second kappa shape index (κ2) is 6.55. The molecule has 0 aliphatic heterocycles. The lowest BCUT2D eigenvalue weighted by molar-refractivity contribution is 0.401. The Morgan fingerprint density at radius 3 is 2.65 bits per heavy atom. The summed E-state index contributed by atoms with van der Waals surface area (Å²) in [4.78, 5) is 8.50. The molecule has 0 N–H and O–H groups in total. The number of rotatable bonds is 3. The van der Waals surface area contributed by atoms with E-state index < -0.39 is 0 Å². The molecular formula is C18H11Cl2FN4O. The van der Waals surface area contributed by atoms with E-state index in [2.05, 4.69) is 15.1 Å². The predicted octanol–water partition coefficient (Wildman–Crippen LogP) is 4.94. The van der Waals surface area contributed by atoms with E-state index in [1.165, 1.54) is 36.6 Å². The van der Waals surface area contributed by atoms with Crippen molar-refractivity contribution in [1.29, 1.82) is 0 Å². The van der Waals surface area contributed by atoms with Crippen LogP contribution in [0.3, 0.4) is 0 Å². The molecule has 4 rings (SSSR count). The first kappa shape index (κ1) is 16.8. The van der Waals surface area contributed by atoms with Gasteiger partial charge in [-0.15, -0.1) is 0 Å². The minimum absolute atomic E-state index is 0.332. The van der Waals surface area contributed by atoms with Gasteiger partial charge in [0.25, 0.3) is 0 Å². The van der Waals surface area contributed by atoms with Crippen LogP contribution in [0.5, 0.6) is 5.88 Å². The van der Waals surface area contributed by atoms with Gasteiger partial charge in [0.05, 0.1) is 28.9 Å². The quantitative estimate of drug-likeness (QED) is 0.498. The fourth-order valence-corrected chi connectivity index (χ4v) is 3.34. The number of fused-ring (bicyclic) bond motifs is 1. The maximum Gasteiger partial charge on any atom is 0.223 e. The third-order valence-corrected chi connectivity index (χ3v) is 4.48. The fraction of sp³-hybridized carbons (Fsp3) is 0.0556. The first-order valence-corrected chi connectivity index (χ1v) is 8.31. The molecule has 0 saturated carbocycles. The Labute approximate surface area is 158 Å². The zero-order chi connectivity index (χ0) is 18.3. The van der Waals surface area contributed by atoms with E-state index in [1.807, 2.05) is 0 Å². The van der Waals surface area contributed by atoms with E-state index in [9.17, 15) is 4.39 Å². The van der Waals surface area contributed by atoms with Crippen molar-refractivity contribution < 1.29 is 9.13 Å². The van der Waals surface area contributed by atoms with Crippen molar-refractivity contribution >= 4 is 34.1 Å². The van der Waals surface area contributed by atoms with Gasteiger partial charge in [-0.3, -0.25) is 0 Å². The third kappa shape index (κ3) is 2.77. The highest BCUT2D eigenvalue weighted by molar-refractivity contribution is 6.36. The number of methoxy groups -OCH3 is 1. The molecule has 26 heavy (non-hydrogen) atoms. The van der Waals surface area contributed by atoms with Crippen LogP contribution in [0.4, 0.5) is 4.39 Å². The van der Waals surface area contributed by atoms with Gasteiger partial charge in [-0.1, -0.05) is 29.3 Å². The van der Waals surface area contributed by atoms with Crippen molar-refractivity contribution in [2.45, 2.75) is 0 Å². The standard InChI is InChI=1S/C18H11Cl2FN4O/c1-26-18-16(12-4-2-10(19)6-14(12)20)17(25-9-22-8-23-25)13-7-11(21)3-5-15(13)24-18/h2-9H,1H3. The first-order valence-electron chi connectivity index (χ1n) is 7.56. The minimum atomic E-state index is -0.390. The first-order chi connectivity index (χ1) is 12.6. The summed E-state index contributed by atoms with van der Waals surface area (Å²) in [6.07, 6.45) is 2.91. The molecule has 0 bridgehead atoms. The molecule has 0 aliphatic carbocycles. The summed E-state index contributed by atoms with van der Waals surface area (Å²) >= 11 is 12.4. The number of benzene rings is 2.